The molecule has 2 aromatic carbocycles. The molecule has 0 spiro atoms. The Morgan fingerprint density at radius 1 is 1.10 bits per heavy atom. The van der Waals surface area contributed by atoms with Gasteiger partial charge in [0.05, 0.1) is 30.1 Å². The highest BCUT2D eigenvalue weighted by molar-refractivity contribution is 6.09. The summed E-state index contributed by atoms with van der Waals surface area (Å²) in [5.41, 5.74) is 6.97. The first-order chi connectivity index (χ1) is 9.88. The number of nitrogen functional groups attached to an aromatic ring is 1. The van der Waals surface area contributed by atoms with E-state index in [4.69, 9.17) is 15.6 Å². The molecule has 3 aromatic rings. The van der Waals surface area contributed by atoms with Gasteiger partial charge in [-0.1, -0.05) is 36.4 Å². The minimum Gasteiger partial charge on any atom is -0.376 e. The maximum Gasteiger partial charge on any atom is 0.0805 e. The number of fused-ring (bicyclic) bond motifs is 4. The summed E-state index contributed by atoms with van der Waals surface area (Å²) in [6.45, 7) is 1.30. The molecule has 1 aliphatic rings. The van der Waals surface area contributed by atoms with Gasteiger partial charge in [-0.25, -0.2) is 0 Å². The Bertz CT molecular complexity index is 814. The van der Waals surface area contributed by atoms with E-state index in [9.17, 15) is 0 Å². The van der Waals surface area contributed by atoms with Crippen molar-refractivity contribution in [3.63, 3.8) is 0 Å². The lowest BCUT2D eigenvalue weighted by molar-refractivity contribution is 0.110. The highest BCUT2D eigenvalue weighted by atomic mass is 16.5. The zero-order chi connectivity index (χ0) is 13.5. The lowest BCUT2D eigenvalue weighted by Gasteiger charge is -2.21. The van der Waals surface area contributed by atoms with E-state index in [-0.39, 0.29) is 0 Å². The molecule has 20 heavy (non-hydrogen) atoms. The van der Waals surface area contributed by atoms with Gasteiger partial charge in [-0.2, -0.15) is 0 Å². The van der Waals surface area contributed by atoms with Crippen molar-refractivity contribution in [1.29, 1.82) is 0 Å². The number of nitrogens with zero attached hydrogens (tertiary/aromatic N) is 1. The van der Waals surface area contributed by atoms with Crippen LogP contribution in [-0.2, 0) is 17.8 Å². The van der Waals surface area contributed by atoms with Crippen LogP contribution < -0.4 is 11.3 Å². The van der Waals surface area contributed by atoms with Crippen LogP contribution in [0.5, 0.6) is 0 Å². The number of benzene rings is 2. The molecule has 0 unspecified atom stereocenters. The smallest absolute Gasteiger partial charge is 0.0805 e. The largest absolute Gasteiger partial charge is 0.376 e. The molecule has 0 fully saturated rings. The van der Waals surface area contributed by atoms with Crippen LogP contribution in [0.1, 0.15) is 11.3 Å². The Labute approximate surface area is 116 Å². The lowest BCUT2D eigenvalue weighted by atomic mass is 10.00. The summed E-state index contributed by atoms with van der Waals surface area (Å²) in [6, 6.07) is 12.5. The Morgan fingerprint density at radius 2 is 2.00 bits per heavy atom. The number of pyridine rings is 1. The van der Waals surface area contributed by atoms with E-state index in [2.05, 4.69) is 29.7 Å². The van der Waals surface area contributed by atoms with Crippen molar-refractivity contribution >= 4 is 27.4 Å². The fraction of sp³-hybridized carbons (Fsp3) is 0.188. The third-order valence-corrected chi connectivity index (χ3v) is 3.94. The molecule has 0 radical (unpaired) electrons. The van der Waals surface area contributed by atoms with Crippen LogP contribution in [0.15, 0.2) is 36.4 Å². The molecule has 0 amide bonds. The molecular formula is C16H15N3O. The average molecular weight is 265 g/mol. The zero-order valence-electron chi connectivity index (χ0n) is 11.0. The molecule has 100 valence electrons. The summed E-state index contributed by atoms with van der Waals surface area (Å²) in [5, 5.41) is 3.41. The van der Waals surface area contributed by atoms with Crippen molar-refractivity contribution in [3.05, 3.63) is 47.7 Å². The molecule has 1 aliphatic heterocycles. The molecule has 4 heteroatoms. The predicted molar refractivity (Wildman–Crippen MR) is 80.4 cm³/mol. The molecule has 2 heterocycles. The molecule has 0 saturated carbocycles. The molecule has 4 rings (SSSR count). The van der Waals surface area contributed by atoms with Gasteiger partial charge in [0, 0.05) is 22.8 Å². The van der Waals surface area contributed by atoms with E-state index in [0.29, 0.717) is 6.61 Å². The van der Waals surface area contributed by atoms with Gasteiger partial charge < -0.3 is 10.2 Å². The van der Waals surface area contributed by atoms with Crippen molar-refractivity contribution in [2.45, 2.75) is 13.0 Å². The minimum atomic E-state index is 0.574. The maximum absolute atomic E-state index is 5.75. The number of nitrogens with two attached hydrogens (primary N) is 1. The molecule has 0 saturated heterocycles. The SMILES string of the molecule is NNc1c2c(nc3c1ccc1ccccc13)CCOC2. The summed E-state index contributed by atoms with van der Waals surface area (Å²) in [6.07, 6.45) is 0.836. The Hall–Kier alpha value is -2.17. The Morgan fingerprint density at radius 3 is 2.90 bits per heavy atom. The maximum atomic E-state index is 5.75. The van der Waals surface area contributed by atoms with E-state index in [1.807, 2.05) is 12.1 Å². The Kier molecular flexibility index (Phi) is 2.58. The van der Waals surface area contributed by atoms with Gasteiger partial charge in [-0.15, -0.1) is 0 Å². The van der Waals surface area contributed by atoms with Gasteiger partial charge >= 0.3 is 0 Å². The summed E-state index contributed by atoms with van der Waals surface area (Å²) in [4.78, 5) is 4.88. The fourth-order valence-electron chi connectivity index (χ4n) is 2.96. The second-order valence-electron chi connectivity index (χ2n) is 5.04. The second kappa shape index (κ2) is 4.44. The van der Waals surface area contributed by atoms with Crippen LogP contribution in [0.2, 0.25) is 0 Å². The average Bonchev–Trinajstić information content (AvgIpc) is 2.52. The van der Waals surface area contributed by atoms with Gasteiger partial charge in [0.1, 0.15) is 0 Å². The topological polar surface area (TPSA) is 60.2 Å². The van der Waals surface area contributed by atoms with E-state index in [0.717, 1.165) is 46.3 Å². The van der Waals surface area contributed by atoms with Gasteiger partial charge in [0.2, 0.25) is 0 Å². The summed E-state index contributed by atoms with van der Waals surface area (Å²) in [7, 11) is 0. The first-order valence-corrected chi connectivity index (χ1v) is 6.76. The third kappa shape index (κ3) is 1.59. The van der Waals surface area contributed by atoms with Crippen molar-refractivity contribution in [1.82, 2.24) is 4.98 Å². The van der Waals surface area contributed by atoms with E-state index >= 15 is 0 Å². The van der Waals surface area contributed by atoms with Crippen LogP contribution in [0.4, 0.5) is 5.69 Å². The summed E-state index contributed by atoms with van der Waals surface area (Å²) < 4.78 is 5.54. The quantitative estimate of drug-likeness (QED) is 0.403. The van der Waals surface area contributed by atoms with Gasteiger partial charge in [0.25, 0.3) is 0 Å². The number of hydrogen-bond acceptors (Lipinski definition) is 4. The monoisotopic (exact) mass is 265 g/mol. The van der Waals surface area contributed by atoms with Gasteiger partial charge in [-0.3, -0.25) is 10.8 Å². The number of ether oxygens (including phenoxy) is 1. The van der Waals surface area contributed by atoms with E-state index in [1.54, 1.807) is 0 Å². The standard InChI is InChI=1S/C16H15N3O/c17-19-16-12-6-5-10-3-1-2-4-11(10)15(12)18-14-7-8-20-9-13(14)16/h1-6H,7-9,17H2,(H,18,19). The van der Waals surface area contributed by atoms with Gasteiger partial charge in [-0.05, 0) is 5.39 Å². The minimum absolute atomic E-state index is 0.574. The van der Waals surface area contributed by atoms with Crippen LogP contribution >= 0.6 is 0 Å². The molecule has 4 nitrogen and oxygen atoms in total. The summed E-state index contributed by atoms with van der Waals surface area (Å²) >= 11 is 0. The van der Waals surface area contributed by atoms with Crippen molar-refractivity contribution < 1.29 is 4.74 Å². The Balaban J connectivity index is 2.17. The van der Waals surface area contributed by atoms with Crippen LogP contribution in [-0.4, -0.2) is 11.6 Å². The number of nitrogens with one attached hydrogen (secondary N) is 1. The number of aromatic nitrogens is 1. The second-order valence-corrected chi connectivity index (χ2v) is 5.04. The van der Waals surface area contributed by atoms with Crippen molar-refractivity contribution in [3.8, 4) is 0 Å². The van der Waals surface area contributed by atoms with Crippen LogP contribution in [0.3, 0.4) is 0 Å². The fourth-order valence-corrected chi connectivity index (χ4v) is 2.96. The normalized spacial score (nSPS) is 14.4. The summed E-state index contributed by atoms with van der Waals surface area (Å²) in [5.74, 6) is 5.75. The zero-order valence-corrected chi connectivity index (χ0v) is 11.0. The molecule has 0 atom stereocenters. The molecular weight excluding hydrogens is 250 g/mol. The number of rotatable bonds is 1. The van der Waals surface area contributed by atoms with E-state index in [1.165, 1.54) is 5.39 Å². The van der Waals surface area contributed by atoms with Crippen LogP contribution in [0, 0.1) is 0 Å². The highest BCUT2D eigenvalue weighted by Crippen LogP contribution is 2.34. The third-order valence-electron chi connectivity index (χ3n) is 3.94. The first-order valence-electron chi connectivity index (χ1n) is 6.76. The number of hydrogen-bond donors (Lipinski definition) is 2. The van der Waals surface area contributed by atoms with Gasteiger partial charge in [0.15, 0.2) is 0 Å². The molecule has 0 aliphatic carbocycles. The lowest BCUT2D eigenvalue weighted by Crippen LogP contribution is -2.18. The molecule has 1 aromatic heterocycles. The van der Waals surface area contributed by atoms with Crippen molar-refractivity contribution in [2.75, 3.05) is 12.0 Å². The highest BCUT2D eigenvalue weighted by Gasteiger charge is 2.18. The number of hydrazine groups is 1. The van der Waals surface area contributed by atoms with Crippen molar-refractivity contribution in [2.24, 2.45) is 5.84 Å². The number of anilines is 1. The first kappa shape index (κ1) is 11.6. The molecule has 3 N–H and O–H groups in total. The predicted octanol–water partition coefficient (Wildman–Crippen LogP) is 2.75. The van der Waals surface area contributed by atoms with E-state index < -0.39 is 0 Å². The molecule has 0 bridgehead atoms. The van der Waals surface area contributed by atoms with Crippen LogP contribution in [0.25, 0.3) is 21.7 Å².